The number of halogens is 1. The van der Waals surface area contributed by atoms with E-state index in [1.807, 2.05) is 9.80 Å². The summed E-state index contributed by atoms with van der Waals surface area (Å²) in [4.78, 5) is 27.4. The van der Waals surface area contributed by atoms with Crippen molar-refractivity contribution in [2.45, 2.75) is 24.2 Å². The van der Waals surface area contributed by atoms with Gasteiger partial charge in [0, 0.05) is 52.2 Å². The summed E-state index contributed by atoms with van der Waals surface area (Å²) in [7, 11) is -3.65. The second-order valence-corrected chi connectivity index (χ2v) is 9.26. The van der Waals surface area contributed by atoms with Crippen LogP contribution in [0.3, 0.4) is 0 Å². The van der Waals surface area contributed by atoms with Crippen LogP contribution in [0.2, 0.25) is 0 Å². The fourth-order valence-corrected chi connectivity index (χ4v) is 5.00. The molecule has 0 aliphatic carbocycles. The van der Waals surface area contributed by atoms with Crippen LogP contribution in [0.25, 0.3) is 0 Å². The summed E-state index contributed by atoms with van der Waals surface area (Å²) >= 11 is 0. The lowest BCUT2D eigenvalue weighted by atomic mass is 10.3. The molecule has 2 aliphatic heterocycles. The third kappa shape index (κ3) is 5.74. The molecule has 0 saturated carbocycles. The Balaban J connectivity index is 1.37. The zero-order valence-corrected chi connectivity index (χ0v) is 17.2. The van der Waals surface area contributed by atoms with Crippen LogP contribution in [0.4, 0.5) is 4.39 Å². The topological polar surface area (TPSA) is 90.0 Å². The zero-order valence-electron chi connectivity index (χ0n) is 16.3. The van der Waals surface area contributed by atoms with E-state index in [1.165, 1.54) is 16.4 Å². The Morgan fingerprint density at radius 2 is 1.76 bits per heavy atom. The molecule has 0 radical (unpaired) electrons. The Hall–Kier alpha value is -2.04. The lowest BCUT2D eigenvalue weighted by molar-refractivity contribution is -0.127. The zero-order chi connectivity index (χ0) is 20.9. The van der Waals surface area contributed by atoms with E-state index in [-0.39, 0.29) is 36.3 Å². The summed E-state index contributed by atoms with van der Waals surface area (Å²) in [6.07, 6.45) is 2.25. The first kappa shape index (κ1) is 21.7. The van der Waals surface area contributed by atoms with E-state index >= 15 is 0 Å². The van der Waals surface area contributed by atoms with Gasteiger partial charge in [0.05, 0.1) is 11.4 Å². The minimum absolute atomic E-state index is 0.0709. The van der Waals surface area contributed by atoms with E-state index in [0.29, 0.717) is 32.6 Å². The number of carbonyl (C=O) groups is 2. The third-order valence-electron chi connectivity index (χ3n) is 5.25. The minimum Gasteiger partial charge on any atom is -0.355 e. The van der Waals surface area contributed by atoms with Crippen molar-refractivity contribution < 1.29 is 22.4 Å². The minimum atomic E-state index is -3.65. The maximum absolute atomic E-state index is 13.0. The highest BCUT2D eigenvalue weighted by Crippen LogP contribution is 2.18. The van der Waals surface area contributed by atoms with Crippen molar-refractivity contribution in [3.05, 3.63) is 30.1 Å². The van der Waals surface area contributed by atoms with Gasteiger partial charge in [-0.1, -0.05) is 0 Å². The quantitative estimate of drug-likeness (QED) is 0.603. The average molecular weight is 427 g/mol. The monoisotopic (exact) mass is 426 g/mol. The van der Waals surface area contributed by atoms with Crippen molar-refractivity contribution in [3.63, 3.8) is 0 Å². The predicted molar refractivity (Wildman–Crippen MR) is 105 cm³/mol. The predicted octanol–water partition coefficient (Wildman–Crippen LogP) is 0.261. The summed E-state index contributed by atoms with van der Waals surface area (Å²) < 4.78 is 39.6. The number of rotatable bonds is 8. The molecule has 3 rings (SSSR count). The highest BCUT2D eigenvalue weighted by atomic mass is 32.2. The van der Waals surface area contributed by atoms with Gasteiger partial charge in [-0.05, 0) is 37.1 Å². The van der Waals surface area contributed by atoms with E-state index in [9.17, 15) is 22.4 Å². The van der Waals surface area contributed by atoms with Crippen molar-refractivity contribution in [1.29, 1.82) is 0 Å². The molecule has 2 heterocycles. The first-order chi connectivity index (χ1) is 13.9. The second kappa shape index (κ2) is 9.64. The van der Waals surface area contributed by atoms with Crippen LogP contribution in [0.15, 0.2) is 29.2 Å². The average Bonchev–Trinajstić information content (AvgIpc) is 3.11. The van der Waals surface area contributed by atoms with Crippen LogP contribution in [0.5, 0.6) is 0 Å². The molecule has 1 N–H and O–H groups in total. The number of piperazine rings is 1. The van der Waals surface area contributed by atoms with Gasteiger partial charge in [0.2, 0.25) is 21.8 Å². The fourth-order valence-electron chi connectivity index (χ4n) is 3.58. The molecule has 8 nitrogen and oxygen atoms in total. The van der Waals surface area contributed by atoms with E-state index in [0.717, 1.165) is 31.5 Å². The fraction of sp³-hybridized carbons (Fsp3) is 0.579. The normalized spacial score (nSPS) is 18.9. The number of sulfonamides is 1. The maximum atomic E-state index is 13.0. The Labute approximate surface area is 170 Å². The van der Waals surface area contributed by atoms with Crippen LogP contribution in [0.1, 0.15) is 19.3 Å². The molecule has 29 heavy (non-hydrogen) atoms. The largest absolute Gasteiger partial charge is 0.355 e. The lowest BCUT2D eigenvalue weighted by Crippen LogP contribution is -2.51. The molecule has 2 aliphatic rings. The Morgan fingerprint density at radius 1 is 1.07 bits per heavy atom. The summed E-state index contributed by atoms with van der Waals surface area (Å²) in [5.74, 6) is -0.399. The lowest BCUT2D eigenvalue weighted by Gasteiger charge is -2.33. The van der Waals surface area contributed by atoms with Gasteiger partial charge in [-0.15, -0.1) is 0 Å². The van der Waals surface area contributed by atoms with Crippen LogP contribution in [-0.4, -0.2) is 86.7 Å². The molecular formula is C19H27FN4O4S. The van der Waals surface area contributed by atoms with Crippen LogP contribution in [0, 0.1) is 5.82 Å². The molecule has 160 valence electrons. The first-order valence-electron chi connectivity index (χ1n) is 9.89. The Bertz CT molecular complexity index is 823. The molecular weight excluding hydrogens is 399 g/mol. The number of likely N-dealkylation sites (tertiary alicyclic amines) is 1. The number of nitrogens with one attached hydrogen (secondary N) is 1. The summed E-state index contributed by atoms with van der Waals surface area (Å²) in [6, 6.07) is 4.79. The molecule has 0 aromatic heterocycles. The van der Waals surface area contributed by atoms with Crippen LogP contribution < -0.4 is 5.32 Å². The third-order valence-corrected chi connectivity index (χ3v) is 7.16. The molecule has 1 aromatic rings. The molecule has 0 bridgehead atoms. The summed E-state index contributed by atoms with van der Waals surface area (Å²) in [5.41, 5.74) is 0. The van der Waals surface area contributed by atoms with E-state index in [4.69, 9.17) is 0 Å². The number of hydrogen-bond donors (Lipinski definition) is 1. The Morgan fingerprint density at radius 3 is 2.38 bits per heavy atom. The van der Waals surface area contributed by atoms with Gasteiger partial charge in [0.15, 0.2) is 0 Å². The van der Waals surface area contributed by atoms with Crippen LogP contribution in [-0.2, 0) is 19.6 Å². The van der Waals surface area contributed by atoms with Gasteiger partial charge in [-0.25, -0.2) is 12.8 Å². The molecule has 2 amide bonds. The first-order valence-corrected chi connectivity index (χ1v) is 11.3. The Kier molecular flexibility index (Phi) is 7.20. The number of nitrogens with zero attached hydrogens (tertiary/aromatic N) is 3. The molecule has 1 aromatic carbocycles. The van der Waals surface area contributed by atoms with Gasteiger partial charge < -0.3 is 10.2 Å². The molecule has 0 unspecified atom stereocenters. The standard InChI is InChI=1S/C19H27FN4O4S/c20-16-4-6-17(7-5-16)29(27,28)24-13-11-22(12-14-24)15-18(25)21-8-2-10-23-9-1-3-19(23)26/h4-7H,1-3,8-15H2,(H,21,25). The van der Waals surface area contributed by atoms with Crippen molar-refractivity contribution in [2.75, 3.05) is 52.4 Å². The van der Waals surface area contributed by atoms with Gasteiger partial charge in [0.25, 0.3) is 0 Å². The van der Waals surface area contributed by atoms with E-state index in [1.54, 1.807) is 0 Å². The van der Waals surface area contributed by atoms with Crippen molar-refractivity contribution in [1.82, 2.24) is 19.4 Å². The molecule has 10 heteroatoms. The van der Waals surface area contributed by atoms with Gasteiger partial charge in [-0.2, -0.15) is 4.31 Å². The number of benzene rings is 1. The molecule has 2 saturated heterocycles. The highest BCUT2D eigenvalue weighted by Gasteiger charge is 2.29. The van der Waals surface area contributed by atoms with Crippen molar-refractivity contribution in [3.8, 4) is 0 Å². The molecule has 0 atom stereocenters. The molecule has 0 spiro atoms. The van der Waals surface area contributed by atoms with Crippen molar-refractivity contribution in [2.24, 2.45) is 0 Å². The van der Waals surface area contributed by atoms with Crippen molar-refractivity contribution >= 4 is 21.8 Å². The summed E-state index contributed by atoms with van der Waals surface area (Å²) in [6.45, 7) is 3.67. The van der Waals surface area contributed by atoms with Gasteiger partial charge >= 0.3 is 0 Å². The van der Waals surface area contributed by atoms with Crippen LogP contribution >= 0.6 is 0 Å². The van der Waals surface area contributed by atoms with E-state index < -0.39 is 15.8 Å². The van der Waals surface area contributed by atoms with E-state index in [2.05, 4.69) is 5.32 Å². The maximum Gasteiger partial charge on any atom is 0.243 e. The molecule has 2 fully saturated rings. The smallest absolute Gasteiger partial charge is 0.243 e. The highest BCUT2D eigenvalue weighted by molar-refractivity contribution is 7.89. The number of amides is 2. The van der Waals surface area contributed by atoms with Gasteiger partial charge in [0.1, 0.15) is 5.82 Å². The SMILES string of the molecule is O=C(CN1CCN(S(=O)(=O)c2ccc(F)cc2)CC1)NCCCN1CCCC1=O. The second-order valence-electron chi connectivity index (χ2n) is 7.32. The van der Waals surface area contributed by atoms with Gasteiger partial charge in [-0.3, -0.25) is 14.5 Å². The number of carbonyl (C=O) groups excluding carboxylic acids is 2. The summed E-state index contributed by atoms with van der Waals surface area (Å²) in [5, 5.41) is 2.86. The number of hydrogen-bond acceptors (Lipinski definition) is 5.